The molecule has 2 atom stereocenters. The number of hydrogen-bond donors (Lipinski definition) is 1. The van der Waals surface area contributed by atoms with Crippen LogP contribution in [0.1, 0.15) is 50.0 Å². The second-order valence-corrected chi connectivity index (χ2v) is 5.97. The first-order chi connectivity index (χ1) is 10.4. The maximum atomic E-state index is 12.3. The maximum Gasteiger partial charge on any atom is 0.331 e. The second-order valence-electron chi connectivity index (χ2n) is 5.97. The molecule has 0 spiro atoms. The molecule has 0 unspecified atom stereocenters. The molecule has 0 saturated carbocycles. The Kier molecular flexibility index (Phi) is 5.01. The van der Waals surface area contributed by atoms with Crippen LogP contribution < -0.4 is 5.32 Å². The van der Waals surface area contributed by atoms with Crippen LogP contribution in [0.4, 0.5) is 0 Å². The summed E-state index contributed by atoms with van der Waals surface area (Å²) < 4.78 is 5.23. The van der Waals surface area contributed by atoms with Crippen molar-refractivity contribution in [1.29, 1.82) is 0 Å². The molecule has 1 amide bonds. The highest BCUT2D eigenvalue weighted by atomic mass is 16.5. The van der Waals surface area contributed by atoms with E-state index in [4.69, 9.17) is 4.74 Å². The summed E-state index contributed by atoms with van der Waals surface area (Å²) in [4.78, 5) is 24.3. The van der Waals surface area contributed by atoms with Crippen molar-refractivity contribution in [3.63, 3.8) is 0 Å². The van der Waals surface area contributed by atoms with Crippen LogP contribution in [-0.4, -0.2) is 24.0 Å². The van der Waals surface area contributed by atoms with Gasteiger partial charge in [0, 0.05) is 11.6 Å². The van der Waals surface area contributed by atoms with Gasteiger partial charge in [0.2, 0.25) is 0 Å². The SMILES string of the molecule is CC[C@H](C)[C@@H]1NC(=O)c2ccccc2/C1=C/C(=O)OC(C)C. The minimum atomic E-state index is -0.371. The first-order valence-corrected chi connectivity index (χ1v) is 7.76. The summed E-state index contributed by atoms with van der Waals surface area (Å²) >= 11 is 0. The van der Waals surface area contributed by atoms with Gasteiger partial charge in [-0.25, -0.2) is 4.79 Å². The Hall–Kier alpha value is -2.10. The van der Waals surface area contributed by atoms with Gasteiger partial charge in [0.25, 0.3) is 5.91 Å². The average molecular weight is 301 g/mol. The first-order valence-electron chi connectivity index (χ1n) is 7.76. The maximum absolute atomic E-state index is 12.3. The van der Waals surface area contributed by atoms with Crippen molar-refractivity contribution in [2.24, 2.45) is 5.92 Å². The van der Waals surface area contributed by atoms with E-state index in [2.05, 4.69) is 19.2 Å². The lowest BCUT2D eigenvalue weighted by atomic mass is 9.82. The second kappa shape index (κ2) is 6.77. The van der Waals surface area contributed by atoms with Crippen LogP contribution in [0.2, 0.25) is 0 Å². The molecule has 1 heterocycles. The van der Waals surface area contributed by atoms with Crippen molar-refractivity contribution in [3.8, 4) is 0 Å². The molecule has 0 fully saturated rings. The van der Waals surface area contributed by atoms with E-state index in [1.807, 2.05) is 32.0 Å². The molecule has 0 aliphatic carbocycles. The smallest absolute Gasteiger partial charge is 0.331 e. The van der Waals surface area contributed by atoms with Gasteiger partial charge in [0.1, 0.15) is 0 Å². The molecule has 2 rings (SSSR count). The monoisotopic (exact) mass is 301 g/mol. The molecule has 4 heteroatoms. The molecular weight excluding hydrogens is 278 g/mol. The number of amides is 1. The first kappa shape index (κ1) is 16.3. The zero-order valence-corrected chi connectivity index (χ0v) is 13.6. The molecule has 4 nitrogen and oxygen atoms in total. The fraction of sp³-hybridized carbons (Fsp3) is 0.444. The number of rotatable bonds is 4. The standard InChI is InChI=1S/C18H23NO3/c1-5-12(4)17-15(10-16(20)22-11(2)3)13-8-6-7-9-14(13)18(21)19-17/h6-12,17H,5H2,1-4H3,(H,19,21)/b15-10-/t12-,17-/m0/s1. The normalized spacial score (nSPS) is 20.5. The predicted octanol–water partition coefficient (Wildman–Crippen LogP) is 3.18. The Morgan fingerprint density at radius 3 is 2.50 bits per heavy atom. The van der Waals surface area contributed by atoms with Crippen molar-refractivity contribution < 1.29 is 14.3 Å². The Morgan fingerprint density at radius 1 is 1.27 bits per heavy atom. The number of fused-ring (bicyclic) bond motifs is 1. The van der Waals surface area contributed by atoms with E-state index in [-0.39, 0.29) is 29.9 Å². The summed E-state index contributed by atoms with van der Waals surface area (Å²) in [6.45, 7) is 7.78. The highest BCUT2D eigenvalue weighted by molar-refractivity contribution is 6.06. The zero-order valence-electron chi connectivity index (χ0n) is 13.6. The number of ether oxygens (including phenoxy) is 1. The lowest BCUT2D eigenvalue weighted by molar-refractivity contribution is -0.141. The number of nitrogens with one attached hydrogen (secondary N) is 1. The van der Waals surface area contributed by atoms with E-state index in [0.29, 0.717) is 5.56 Å². The summed E-state index contributed by atoms with van der Waals surface area (Å²) in [5.74, 6) is -0.227. The fourth-order valence-electron chi connectivity index (χ4n) is 2.64. The van der Waals surface area contributed by atoms with Crippen LogP contribution in [0, 0.1) is 5.92 Å². The molecule has 1 N–H and O–H groups in total. The van der Waals surface area contributed by atoms with Crippen molar-refractivity contribution in [3.05, 3.63) is 41.5 Å². The highest BCUT2D eigenvalue weighted by Crippen LogP contribution is 2.31. The number of esters is 1. The lowest BCUT2D eigenvalue weighted by Crippen LogP contribution is -2.44. The zero-order chi connectivity index (χ0) is 16.3. The minimum Gasteiger partial charge on any atom is -0.460 e. The summed E-state index contributed by atoms with van der Waals surface area (Å²) in [6.07, 6.45) is 2.26. The van der Waals surface area contributed by atoms with Gasteiger partial charge in [0.15, 0.2) is 0 Å². The van der Waals surface area contributed by atoms with Crippen molar-refractivity contribution >= 4 is 17.4 Å². The summed E-state index contributed by atoms with van der Waals surface area (Å²) in [7, 11) is 0. The molecule has 0 saturated heterocycles. The van der Waals surface area contributed by atoms with E-state index in [1.54, 1.807) is 6.07 Å². The van der Waals surface area contributed by atoms with Gasteiger partial charge in [-0.2, -0.15) is 0 Å². The third-order valence-corrected chi connectivity index (χ3v) is 3.94. The van der Waals surface area contributed by atoms with Gasteiger partial charge < -0.3 is 10.1 Å². The number of carbonyl (C=O) groups is 2. The highest BCUT2D eigenvalue weighted by Gasteiger charge is 2.32. The van der Waals surface area contributed by atoms with Crippen molar-refractivity contribution in [1.82, 2.24) is 5.32 Å². The largest absolute Gasteiger partial charge is 0.460 e. The third kappa shape index (κ3) is 3.38. The third-order valence-electron chi connectivity index (χ3n) is 3.94. The molecule has 118 valence electrons. The molecule has 1 aromatic carbocycles. The van der Waals surface area contributed by atoms with Crippen LogP contribution in [0.15, 0.2) is 30.3 Å². The summed E-state index contributed by atoms with van der Waals surface area (Å²) in [6, 6.07) is 7.20. The molecule has 1 aliphatic rings. The van der Waals surface area contributed by atoms with Crippen LogP contribution in [-0.2, 0) is 9.53 Å². The van der Waals surface area contributed by atoms with Crippen LogP contribution in [0.25, 0.3) is 5.57 Å². The Morgan fingerprint density at radius 2 is 1.91 bits per heavy atom. The Balaban J connectivity index is 2.48. The van der Waals surface area contributed by atoms with Crippen LogP contribution in [0.5, 0.6) is 0 Å². The van der Waals surface area contributed by atoms with Crippen LogP contribution in [0.3, 0.4) is 0 Å². The number of hydrogen-bond acceptors (Lipinski definition) is 3. The van der Waals surface area contributed by atoms with Gasteiger partial charge >= 0.3 is 5.97 Å². The van der Waals surface area contributed by atoms with E-state index < -0.39 is 0 Å². The predicted molar refractivity (Wildman–Crippen MR) is 86.4 cm³/mol. The molecule has 22 heavy (non-hydrogen) atoms. The van der Waals surface area contributed by atoms with Gasteiger partial charge in [-0.15, -0.1) is 0 Å². The van der Waals surface area contributed by atoms with Crippen molar-refractivity contribution in [2.45, 2.75) is 46.3 Å². The molecular formula is C18H23NO3. The van der Waals surface area contributed by atoms with E-state index in [0.717, 1.165) is 17.6 Å². The Bertz CT molecular complexity index is 604. The van der Waals surface area contributed by atoms with Gasteiger partial charge in [-0.1, -0.05) is 38.5 Å². The van der Waals surface area contributed by atoms with E-state index >= 15 is 0 Å². The van der Waals surface area contributed by atoms with Gasteiger partial charge in [-0.3, -0.25) is 4.79 Å². The van der Waals surface area contributed by atoms with Crippen LogP contribution >= 0.6 is 0 Å². The van der Waals surface area contributed by atoms with E-state index in [1.165, 1.54) is 6.08 Å². The Labute approximate surface area is 131 Å². The van der Waals surface area contributed by atoms with Gasteiger partial charge in [-0.05, 0) is 37.0 Å². The molecule has 0 bridgehead atoms. The van der Waals surface area contributed by atoms with Crippen molar-refractivity contribution in [2.75, 3.05) is 0 Å². The van der Waals surface area contributed by atoms with E-state index in [9.17, 15) is 9.59 Å². The minimum absolute atomic E-state index is 0.0877. The fourth-order valence-corrected chi connectivity index (χ4v) is 2.64. The molecule has 0 aromatic heterocycles. The summed E-state index contributed by atoms with van der Waals surface area (Å²) in [5, 5.41) is 3.02. The lowest BCUT2D eigenvalue weighted by Gasteiger charge is -2.32. The van der Waals surface area contributed by atoms with Gasteiger partial charge in [0.05, 0.1) is 12.1 Å². The molecule has 1 aromatic rings. The quantitative estimate of drug-likeness (QED) is 0.686. The average Bonchev–Trinajstić information content (AvgIpc) is 2.48. The molecule has 0 radical (unpaired) electrons. The number of benzene rings is 1. The molecule has 1 aliphatic heterocycles. The topological polar surface area (TPSA) is 55.4 Å². The number of carbonyl (C=O) groups excluding carboxylic acids is 2. The summed E-state index contributed by atoms with van der Waals surface area (Å²) in [5.41, 5.74) is 2.25.